The molecule has 0 radical (unpaired) electrons. The minimum absolute atomic E-state index is 0.127. The summed E-state index contributed by atoms with van der Waals surface area (Å²) in [5.41, 5.74) is 1.65. The van der Waals surface area contributed by atoms with E-state index in [4.69, 9.17) is 0 Å². The molecule has 1 aromatic rings. The van der Waals surface area contributed by atoms with Crippen molar-refractivity contribution in [3.8, 4) is 0 Å². The molecule has 0 spiro atoms. The summed E-state index contributed by atoms with van der Waals surface area (Å²) in [7, 11) is 0. The van der Waals surface area contributed by atoms with Crippen molar-refractivity contribution < 1.29 is 0 Å². The Hall–Kier alpha value is -0.920. The van der Waals surface area contributed by atoms with E-state index in [0.29, 0.717) is 5.41 Å². The Kier molecular flexibility index (Phi) is 4.06. The van der Waals surface area contributed by atoms with Crippen LogP contribution in [0.25, 0.3) is 0 Å². The lowest BCUT2D eigenvalue weighted by Gasteiger charge is -2.34. The van der Waals surface area contributed by atoms with Gasteiger partial charge in [0.05, 0.1) is 0 Å². The third-order valence-corrected chi connectivity index (χ3v) is 3.12. The van der Waals surface area contributed by atoms with Gasteiger partial charge in [0.2, 0.25) is 0 Å². The van der Waals surface area contributed by atoms with Crippen LogP contribution >= 0.6 is 0 Å². The summed E-state index contributed by atoms with van der Waals surface area (Å²) in [6.45, 7) is 11.5. The molecule has 0 bridgehead atoms. The molecule has 1 rings (SSSR count). The van der Waals surface area contributed by atoms with Gasteiger partial charge in [-0.05, 0) is 24.3 Å². The fourth-order valence-electron chi connectivity index (χ4n) is 2.74. The monoisotopic (exact) mass is 220 g/mol. The molecule has 0 amide bonds. The van der Waals surface area contributed by atoms with Crippen molar-refractivity contribution >= 4 is 0 Å². The molecule has 0 aliphatic heterocycles. The summed E-state index contributed by atoms with van der Waals surface area (Å²) in [5.74, 6) is 0. The Balaban J connectivity index is 2.79. The molecule has 1 heterocycles. The summed E-state index contributed by atoms with van der Waals surface area (Å²) in [4.78, 5) is 8.36. The van der Waals surface area contributed by atoms with E-state index in [1.54, 1.807) is 6.33 Å². The maximum absolute atomic E-state index is 4.38. The number of nitrogens with zero attached hydrogens (tertiary/aromatic N) is 2. The maximum Gasteiger partial charge on any atom is 0.115 e. The standard InChI is InChI=1S/C14H24N2/c1-6-8-13(2,3)10-14(4,5)12-7-9-15-11-16-12/h7,9,11H,6,8,10H2,1-5H3. The highest BCUT2D eigenvalue weighted by molar-refractivity contribution is 5.12. The minimum Gasteiger partial charge on any atom is -0.245 e. The van der Waals surface area contributed by atoms with E-state index in [1.807, 2.05) is 12.3 Å². The van der Waals surface area contributed by atoms with E-state index in [9.17, 15) is 0 Å². The Morgan fingerprint density at radius 3 is 2.38 bits per heavy atom. The van der Waals surface area contributed by atoms with Crippen molar-refractivity contribution in [2.24, 2.45) is 5.41 Å². The predicted molar refractivity (Wildman–Crippen MR) is 68.4 cm³/mol. The van der Waals surface area contributed by atoms with Crippen LogP contribution in [-0.2, 0) is 5.41 Å². The van der Waals surface area contributed by atoms with Gasteiger partial charge in [0.15, 0.2) is 0 Å². The predicted octanol–water partition coefficient (Wildman–Crippen LogP) is 3.97. The van der Waals surface area contributed by atoms with Crippen LogP contribution < -0.4 is 0 Å². The van der Waals surface area contributed by atoms with E-state index >= 15 is 0 Å². The van der Waals surface area contributed by atoms with Crippen LogP contribution in [0.15, 0.2) is 18.6 Å². The first-order valence-corrected chi connectivity index (χ1v) is 6.14. The molecular formula is C14H24N2. The maximum atomic E-state index is 4.38. The SMILES string of the molecule is CCCC(C)(C)CC(C)(C)c1ccncn1. The van der Waals surface area contributed by atoms with Crippen LogP contribution in [0.5, 0.6) is 0 Å². The van der Waals surface area contributed by atoms with E-state index in [-0.39, 0.29) is 5.41 Å². The van der Waals surface area contributed by atoms with Crippen LogP contribution in [0.1, 0.15) is 59.6 Å². The topological polar surface area (TPSA) is 25.8 Å². The van der Waals surface area contributed by atoms with Gasteiger partial charge >= 0.3 is 0 Å². The fourth-order valence-corrected chi connectivity index (χ4v) is 2.74. The molecule has 1 aromatic heterocycles. The Morgan fingerprint density at radius 2 is 1.88 bits per heavy atom. The van der Waals surface area contributed by atoms with Crippen molar-refractivity contribution in [2.45, 2.75) is 59.3 Å². The van der Waals surface area contributed by atoms with Gasteiger partial charge in [-0.15, -0.1) is 0 Å². The molecule has 2 nitrogen and oxygen atoms in total. The van der Waals surface area contributed by atoms with Crippen LogP contribution in [-0.4, -0.2) is 9.97 Å². The van der Waals surface area contributed by atoms with Gasteiger partial charge in [-0.2, -0.15) is 0 Å². The highest BCUT2D eigenvalue weighted by atomic mass is 14.8. The lowest BCUT2D eigenvalue weighted by atomic mass is 9.71. The van der Waals surface area contributed by atoms with Gasteiger partial charge in [0.25, 0.3) is 0 Å². The third-order valence-electron chi connectivity index (χ3n) is 3.12. The average molecular weight is 220 g/mol. The Labute approximate surface area is 99.5 Å². The second kappa shape index (κ2) is 4.94. The van der Waals surface area contributed by atoms with Gasteiger partial charge in [-0.3, -0.25) is 0 Å². The smallest absolute Gasteiger partial charge is 0.115 e. The van der Waals surface area contributed by atoms with Crippen LogP contribution in [0.3, 0.4) is 0 Å². The quantitative estimate of drug-likeness (QED) is 0.750. The summed E-state index contributed by atoms with van der Waals surface area (Å²) >= 11 is 0. The van der Waals surface area contributed by atoms with Crippen molar-refractivity contribution in [2.75, 3.05) is 0 Å². The van der Waals surface area contributed by atoms with Crippen LogP contribution in [0.4, 0.5) is 0 Å². The van der Waals surface area contributed by atoms with Crippen molar-refractivity contribution in [1.29, 1.82) is 0 Å². The molecule has 0 saturated heterocycles. The summed E-state index contributed by atoms with van der Waals surface area (Å²) in [6, 6.07) is 2.03. The lowest BCUT2D eigenvalue weighted by Crippen LogP contribution is -2.27. The van der Waals surface area contributed by atoms with Crippen molar-refractivity contribution in [3.05, 3.63) is 24.3 Å². The fraction of sp³-hybridized carbons (Fsp3) is 0.714. The van der Waals surface area contributed by atoms with E-state index in [2.05, 4.69) is 44.6 Å². The average Bonchev–Trinajstić information content (AvgIpc) is 2.17. The summed E-state index contributed by atoms with van der Waals surface area (Å²) < 4.78 is 0. The molecular weight excluding hydrogens is 196 g/mol. The second-order valence-electron chi connectivity index (χ2n) is 6.07. The first-order chi connectivity index (χ1) is 7.37. The molecule has 0 aliphatic carbocycles. The van der Waals surface area contributed by atoms with Gasteiger partial charge in [-0.25, -0.2) is 9.97 Å². The zero-order valence-corrected chi connectivity index (χ0v) is 11.2. The zero-order valence-electron chi connectivity index (χ0n) is 11.2. The number of rotatable bonds is 5. The van der Waals surface area contributed by atoms with Crippen LogP contribution in [0.2, 0.25) is 0 Å². The lowest BCUT2D eigenvalue weighted by molar-refractivity contribution is 0.234. The molecule has 2 heteroatoms. The number of aromatic nitrogens is 2. The first-order valence-electron chi connectivity index (χ1n) is 6.14. The summed E-state index contributed by atoms with van der Waals surface area (Å²) in [6.07, 6.45) is 7.14. The van der Waals surface area contributed by atoms with E-state index in [1.165, 1.54) is 12.8 Å². The molecule has 0 unspecified atom stereocenters. The first kappa shape index (κ1) is 13.1. The summed E-state index contributed by atoms with van der Waals surface area (Å²) in [5, 5.41) is 0. The molecule has 0 aliphatic rings. The molecule has 90 valence electrons. The molecule has 16 heavy (non-hydrogen) atoms. The van der Waals surface area contributed by atoms with Gasteiger partial charge in [0.1, 0.15) is 6.33 Å². The highest BCUT2D eigenvalue weighted by Gasteiger charge is 2.30. The molecule has 0 saturated carbocycles. The highest BCUT2D eigenvalue weighted by Crippen LogP contribution is 2.38. The van der Waals surface area contributed by atoms with Gasteiger partial charge in [0, 0.05) is 17.3 Å². The normalized spacial score (nSPS) is 12.8. The van der Waals surface area contributed by atoms with Crippen LogP contribution in [0, 0.1) is 5.41 Å². The molecule has 0 aromatic carbocycles. The van der Waals surface area contributed by atoms with Gasteiger partial charge in [-0.1, -0.05) is 41.0 Å². The molecule has 0 fully saturated rings. The molecule has 0 N–H and O–H groups in total. The number of hydrogen-bond acceptors (Lipinski definition) is 2. The minimum atomic E-state index is 0.127. The van der Waals surface area contributed by atoms with Gasteiger partial charge < -0.3 is 0 Å². The molecule has 0 atom stereocenters. The van der Waals surface area contributed by atoms with E-state index in [0.717, 1.165) is 12.1 Å². The third kappa shape index (κ3) is 3.58. The largest absolute Gasteiger partial charge is 0.245 e. The Morgan fingerprint density at radius 1 is 1.19 bits per heavy atom. The zero-order chi connectivity index (χ0) is 12.2. The van der Waals surface area contributed by atoms with Crippen molar-refractivity contribution in [3.63, 3.8) is 0 Å². The van der Waals surface area contributed by atoms with E-state index < -0.39 is 0 Å². The second-order valence-corrected chi connectivity index (χ2v) is 6.07. The van der Waals surface area contributed by atoms with Crippen molar-refractivity contribution in [1.82, 2.24) is 9.97 Å². The Bertz CT molecular complexity index is 315. The number of hydrogen-bond donors (Lipinski definition) is 0.